The van der Waals surface area contributed by atoms with Gasteiger partial charge in [0.15, 0.2) is 0 Å². The molecular formula is C23H21ClN4O. The Morgan fingerprint density at radius 3 is 2.59 bits per heavy atom. The molecule has 0 amide bonds. The Morgan fingerprint density at radius 1 is 1.03 bits per heavy atom. The lowest BCUT2D eigenvalue weighted by molar-refractivity contribution is 0.306. The SMILES string of the molecule is CCn1c(N/N=C\c2ccc(OCc3ccccc3Cl)cc2)nc2ccccc21. The van der Waals surface area contributed by atoms with Gasteiger partial charge in [-0.05, 0) is 55.0 Å². The number of imidazole rings is 1. The molecule has 1 aromatic heterocycles. The number of halogens is 1. The summed E-state index contributed by atoms with van der Waals surface area (Å²) >= 11 is 6.16. The molecule has 4 aromatic rings. The summed E-state index contributed by atoms with van der Waals surface area (Å²) < 4.78 is 7.90. The zero-order valence-electron chi connectivity index (χ0n) is 16.0. The van der Waals surface area contributed by atoms with E-state index in [9.17, 15) is 0 Å². The first-order valence-corrected chi connectivity index (χ1v) is 9.83. The van der Waals surface area contributed by atoms with Crippen molar-refractivity contribution in [2.45, 2.75) is 20.1 Å². The largest absolute Gasteiger partial charge is 0.489 e. The van der Waals surface area contributed by atoms with Crippen LogP contribution >= 0.6 is 11.6 Å². The number of para-hydroxylation sites is 2. The molecular weight excluding hydrogens is 384 g/mol. The Kier molecular flexibility index (Phi) is 5.77. The molecule has 5 nitrogen and oxygen atoms in total. The number of hydrogen-bond donors (Lipinski definition) is 1. The lowest BCUT2D eigenvalue weighted by Gasteiger charge is -2.08. The first-order valence-electron chi connectivity index (χ1n) is 9.45. The highest BCUT2D eigenvalue weighted by Crippen LogP contribution is 2.20. The van der Waals surface area contributed by atoms with Crippen LogP contribution in [0.1, 0.15) is 18.1 Å². The van der Waals surface area contributed by atoms with Crippen LogP contribution in [0, 0.1) is 0 Å². The van der Waals surface area contributed by atoms with Crippen LogP contribution in [-0.2, 0) is 13.2 Å². The molecule has 0 unspecified atom stereocenters. The summed E-state index contributed by atoms with van der Waals surface area (Å²) in [5.74, 6) is 1.51. The Hall–Kier alpha value is -3.31. The molecule has 0 aliphatic carbocycles. The van der Waals surface area contributed by atoms with E-state index in [1.54, 1.807) is 6.21 Å². The minimum absolute atomic E-state index is 0.432. The van der Waals surface area contributed by atoms with Gasteiger partial charge in [-0.1, -0.05) is 41.9 Å². The fourth-order valence-electron chi connectivity index (χ4n) is 3.07. The second kappa shape index (κ2) is 8.80. The quantitative estimate of drug-likeness (QED) is 0.316. The third kappa shape index (κ3) is 4.41. The summed E-state index contributed by atoms with van der Waals surface area (Å²) in [6.45, 7) is 3.34. The predicted octanol–water partition coefficient (Wildman–Crippen LogP) is 5.73. The fraction of sp³-hybridized carbons (Fsp3) is 0.130. The average Bonchev–Trinajstić information content (AvgIpc) is 3.11. The molecule has 0 spiro atoms. The molecule has 0 saturated heterocycles. The molecule has 0 aliphatic heterocycles. The Morgan fingerprint density at radius 2 is 1.79 bits per heavy atom. The van der Waals surface area contributed by atoms with E-state index in [2.05, 4.69) is 33.1 Å². The van der Waals surface area contributed by atoms with E-state index >= 15 is 0 Å². The summed E-state index contributed by atoms with van der Waals surface area (Å²) in [6, 6.07) is 23.5. The normalized spacial score (nSPS) is 11.2. The van der Waals surface area contributed by atoms with Crippen molar-refractivity contribution >= 4 is 34.8 Å². The highest BCUT2D eigenvalue weighted by Gasteiger charge is 2.07. The Labute approximate surface area is 174 Å². The van der Waals surface area contributed by atoms with Crippen molar-refractivity contribution < 1.29 is 4.74 Å². The van der Waals surface area contributed by atoms with Crippen molar-refractivity contribution in [3.8, 4) is 5.75 Å². The number of rotatable bonds is 7. The summed E-state index contributed by atoms with van der Waals surface area (Å²) in [4.78, 5) is 4.60. The van der Waals surface area contributed by atoms with Crippen LogP contribution in [0.2, 0.25) is 5.02 Å². The van der Waals surface area contributed by atoms with E-state index in [0.717, 1.165) is 40.4 Å². The lowest BCUT2D eigenvalue weighted by atomic mass is 10.2. The van der Waals surface area contributed by atoms with E-state index in [1.165, 1.54) is 0 Å². The monoisotopic (exact) mass is 404 g/mol. The maximum atomic E-state index is 6.16. The number of anilines is 1. The van der Waals surface area contributed by atoms with E-state index in [1.807, 2.05) is 66.7 Å². The number of fused-ring (bicyclic) bond motifs is 1. The van der Waals surface area contributed by atoms with Gasteiger partial charge in [0.05, 0.1) is 17.2 Å². The standard InChI is InChI=1S/C23H21ClN4O/c1-2-28-22-10-6-5-9-21(22)26-23(28)27-25-15-17-11-13-19(14-12-17)29-16-18-7-3-4-8-20(18)24/h3-15H,2,16H2,1H3,(H,26,27)/b25-15-. The lowest BCUT2D eigenvalue weighted by Crippen LogP contribution is -2.01. The summed E-state index contributed by atoms with van der Waals surface area (Å²) in [7, 11) is 0. The number of aromatic nitrogens is 2. The van der Waals surface area contributed by atoms with E-state index in [0.29, 0.717) is 11.6 Å². The van der Waals surface area contributed by atoms with Crippen LogP contribution in [0.25, 0.3) is 11.0 Å². The number of nitrogens with one attached hydrogen (secondary N) is 1. The molecule has 3 aromatic carbocycles. The zero-order chi connectivity index (χ0) is 20.1. The number of hydrogen-bond acceptors (Lipinski definition) is 4. The first kappa shape index (κ1) is 19.0. The number of ether oxygens (including phenoxy) is 1. The summed E-state index contributed by atoms with van der Waals surface area (Å²) in [5, 5.41) is 5.04. The van der Waals surface area contributed by atoms with Gasteiger partial charge in [0.1, 0.15) is 12.4 Å². The van der Waals surface area contributed by atoms with Crippen molar-refractivity contribution in [3.05, 3.63) is 88.9 Å². The van der Waals surface area contributed by atoms with Crippen LogP contribution < -0.4 is 10.2 Å². The van der Waals surface area contributed by atoms with Gasteiger partial charge in [-0.25, -0.2) is 10.4 Å². The fourth-order valence-corrected chi connectivity index (χ4v) is 3.26. The second-order valence-corrected chi connectivity index (χ2v) is 6.89. The van der Waals surface area contributed by atoms with Crippen LogP contribution in [0.3, 0.4) is 0 Å². The van der Waals surface area contributed by atoms with Crippen LogP contribution in [0.4, 0.5) is 5.95 Å². The third-order valence-electron chi connectivity index (χ3n) is 4.58. The van der Waals surface area contributed by atoms with E-state index < -0.39 is 0 Å². The maximum Gasteiger partial charge on any atom is 0.224 e. The molecule has 0 atom stereocenters. The van der Waals surface area contributed by atoms with E-state index in [-0.39, 0.29) is 0 Å². The maximum absolute atomic E-state index is 6.16. The Balaban J connectivity index is 1.39. The molecule has 29 heavy (non-hydrogen) atoms. The number of nitrogens with zero attached hydrogens (tertiary/aromatic N) is 3. The van der Waals surface area contributed by atoms with Crippen LogP contribution in [0.15, 0.2) is 77.9 Å². The highest BCUT2D eigenvalue weighted by molar-refractivity contribution is 6.31. The van der Waals surface area contributed by atoms with Crippen LogP contribution in [-0.4, -0.2) is 15.8 Å². The second-order valence-electron chi connectivity index (χ2n) is 6.49. The minimum Gasteiger partial charge on any atom is -0.489 e. The molecule has 0 fully saturated rings. The topological polar surface area (TPSA) is 51.4 Å². The third-order valence-corrected chi connectivity index (χ3v) is 4.95. The number of aryl methyl sites for hydroxylation is 1. The molecule has 1 N–H and O–H groups in total. The number of hydrazone groups is 1. The molecule has 4 rings (SSSR count). The molecule has 1 heterocycles. The summed E-state index contributed by atoms with van der Waals surface area (Å²) in [6.07, 6.45) is 1.76. The molecule has 0 saturated carbocycles. The van der Waals surface area contributed by atoms with Gasteiger partial charge in [0.25, 0.3) is 0 Å². The van der Waals surface area contributed by atoms with Crippen molar-refractivity contribution in [2.24, 2.45) is 5.10 Å². The van der Waals surface area contributed by atoms with Gasteiger partial charge >= 0.3 is 0 Å². The molecule has 0 bridgehead atoms. The van der Waals surface area contributed by atoms with Crippen molar-refractivity contribution in [1.82, 2.24) is 9.55 Å². The first-order chi connectivity index (χ1) is 14.2. The molecule has 146 valence electrons. The van der Waals surface area contributed by atoms with Crippen LogP contribution in [0.5, 0.6) is 5.75 Å². The smallest absolute Gasteiger partial charge is 0.224 e. The van der Waals surface area contributed by atoms with E-state index in [4.69, 9.17) is 16.3 Å². The molecule has 0 radical (unpaired) electrons. The molecule has 6 heteroatoms. The van der Waals surface area contributed by atoms with Gasteiger partial charge in [-0.3, -0.25) is 0 Å². The Bertz CT molecular complexity index is 1140. The van der Waals surface area contributed by atoms with Gasteiger partial charge in [0.2, 0.25) is 5.95 Å². The summed E-state index contributed by atoms with van der Waals surface area (Å²) in [5.41, 5.74) is 7.01. The average molecular weight is 405 g/mol. The van der Waals surface area contributed by atoms with Crippen molar-refractivity contribution in [2.75, 3.05) is 5.43 Å². The van der Waals surface area contributed by atoms with Crippen molar-refractivity contribution in [3.63, 3.8) is 0 Å². The van der Waals surface area contributed by atoms with Gasteiger partial charge in [-0.2, -0.15) is 5.10 Å². The predicted molar refractivity (Wildman–Crippen MR) is 119 cm³/mol. The highest BCUT2D eigenvalue weighted by atomic mass is 35.5. The van der Waals surface area contributed by atoms with Gasteiger partial charge in [0, 0.05) is 17.1 Å². The number of benzene rings is 3. The van der Waals surface area contributed by atoms with Gasteiger partial charge in [-0.15, -0.1) is 0 Å². The van der Waals surface area contributed by atoms with Gasteiger partial charge < -0.3 is 9.30 Å². The molecule has 0 aliphatic rings. The van der Waals surface area contributed by atoms with Crippen molar-refractivity contribution in [1.29, 1.82) is 0 Å². The zero-order valence-corrected chi connectivity index (χ0v) is 16.8. The minimum atomic E-state index is 0.432.